The van der Waals surface area contributed by atoms with Gasteiger partial charge in [-0.05, 0) is 6.42 Å². The van der Waals surface area contributed by atoms with Crippen molar-refractivity contribution in [2.75, 3.05) is 0 Å². The third kappa shape index (κ3) is 2.02. The van der Waals surface area contributed by atoms with Gasteiger partial charge in [0.25, 0.3) is 5.56 Å². The molecule has 5 heteroatoms. The molecule has 0 aliphatic carbocycles. The minimum atomic E-state index is -0.653. The normalized spacial score (nSPS) is 34.1. The molecule has 1 saturated heterocycles. The highest BCUT2D eigenvalue weighted by atomic mass is 16.5. The molecule has 0 saturated carbocycles. The summed E-state index contributed by atoms with van der Waals surface area (Å²) in [5, 5.41) is 0. The van der Waals surface area contributed by atoms with Crippen LogP contribution in [0, 0.1) is 24.2 Å². The van der Waals surface area contributed by atoms with E-state index >= 15 is 0 Å². The molecule has 0 radical (unpaired) electrons. The van der Waals surface area contributed by atoms with Gasteiger partial charge in [-0.3, -0.25) is 14.3 Å². The smallest absolute Gasteiger partial charge is 0.330 e. The second-order valence-corrected chi connectivity index (χ2v) is 5.06. The molecule has 1 aromatic heterocycles. The van der Waals surface area contributed by atoms with Gasteiger partial charge in [-0.15, -0.1) is 6.42 Å². The van der Waals surface area contributed by atoms with Crippen LogP contribution in [0.3, 0.4) is 0 Å². The van der Waals surface area contributed by atoms with E-state index in [0.29, 0.717) is 6.42 Å². The van der Waals surface area contributed by atoms with Crippen LogP contribution >= 0.6 is 0 Å². The first-order valence-corrected chi connectivity index (χ1v) is 6.42. The van der Waals surface area contributed by atoms with Crippen molar-refractivity contribution in [2.45, 2.75) is 39.0 Å². The molecule has 1 fully saturated rings. The van der Waals surface area contributed by atoms with Crippen molar-refractivity contribution in [3.63, 3.8) is 0 Å². The number of nitrogens with one attached hydrogen (secondary N) is 1. The van der Waals surface area contributed by atoms with Crippen LogP contribution in [-0.4, -0.2) is 15.2 Å². The molecule has 0 amide bonds. The van der Waals surface area contributed by atoms with Crippen molar-refractivity contribution in [2.24, 2.45) is 11.8 Å². The van der Waals surface area contributed by atoms with Crippen molar-refractivity contribution >= 4 is 0 Å². The Morgan fingerprint density at radius 2 is 2.21 bits per heavy atom. The maximum atomic E-state index is 11.8. The van der Waals surface area contributed by atoms with Gasteiger partial charge in [0.15, 0.2) is 0 Å². The number of hydrogen-bond acceptors (Lipinski definition) is 3. The Morgan fingerprint density at radius 1 is 1.53 bits per heavy atom. The van der Waals surface area contributed by atoms with Gasteiger partial charge in [0.2, 0.25) is 0 Å². The van der Waals surface area contributed by atoms with Crippen LogP contribution in [0.25, 0.3) is 0 Å². The Bertz CT molecular complexity index is 625. The molecule has 4 unspecified atom stereocenters. The number of hydrogen-bond donors (Lipinski definition) is 1. The molecular formula is C14H18N2O3. The summed E-state index contributed by atoms with van der Waals surface area (Å²) in [5.74, 6) is 2.94. The zero-order valence-corrected chi connectivity index (χ0v) is 11.3. The fourth-order valence-corrected chi connectivity index (χ4v) is 2.71. The molecule has 1 aliphatic heterocycles. The third-order valence-corrected chi connectivity index (χ3v) is 4.20. The maximum absolute atomic E-state index is 11.8. The molecule has 0 bridgehead atoms. The summed E-state index contributed by atoms with van der Waals surface area (Å²) in [6.45, 7) is 6.01. The number of ether oxygens (including phenoxy) is 1. The average Bonchev–Trinajstić information content (AvgIpc) is 2.64. The summed E-state index contributed by atoms with van der Waals surface area (Å²) in [4.78, 5) is 25.2. The molecule has 1 N–H and O–H groups in total. The van der Waals surface area contributed by atoms with E-state index < -0.39 is 23.1 Å². The predicted molar refractivity (Wildman–Crippen MR) is 71.6 cm³/mol. The van der Waals surface area contributed by atoms with E-state index in [1.165, 1.54) is 16.8 Å². The Morgan fingerprint density at radius 3 is 2.68 bits per heavy atom. The first-order valence-electron chi connectivity index (χ1n) is 6.42. The first kappa shape index (κ1) is 13.6. The molecule has 2 rings (SSSR count). The molecule has 2 heterocycles. The average molecular weight is 262 g/mol. The lowest BCUT2D eigenvalue weighted by Crippen LogP contribution is -2.34. The van der Waals surface area contributed by atoms with E-state index in [2.05, 4.69) is 10.9 Å². The highest BCUT2D eigenvalue weighted by Crippen LogP contribution is 2.46. The summed E-state index contributed by atoms with van der Waals surface area (Å²) >= 11 is 0. The largest absolute Gasteiger partial charge is 0.338 e. The molecular weight excluding hydrogens is 244 g/mol. The molecule has 19 heavy (non-hydrogen) atoms. The van der Waals surface area contributed by atoms with E-state index in [1.54, 1.807) is 0 Å². The van der Waals surface area contributed by atoms with E-state index in [9.17, 15) is 9.59 Å². The molecule has 0 aromatic carbocycles. The van der Waals surface area contributed by atoms with Gasteiger partial charge in [-0.2, -0.15) is 0 Å². The molecule has 102 valence electrons. The molecule has 4 atom stereocenters. The van der Waals surface area contributed by atoms with Crippen LogP contribution < -0.4 is 11.2 Å². The third-order valence-electron chi connectivity index (χ3n) is 4.20. The van der Waals surface area contributed by atoms with Gasteiger partial charge in [0.1, 0.15) is 11.8 Å². The van der Waals surface area contributed by atoms with Gasteiger partial charge >= 0.3 is 5.69 Å². The van der Waals surface area contributed by atoms with Gasteiger partial charge in [0, 0.05) is 24.1 Å². The lowest BCUT2D eigenvalue weighted by atomic mass is 9.81. The molecule has 0 spiro atoms. The lowest BCUT2D eigenvalue weighted by Gasteiger charge is -2.26. The SMILES string of the molecule is C#CC1(CC)OC(n2ccc(=O)[nH]c2=O)C(C)C1C. The van der Waals surface area contributed by atoms with Crippen LogP contribution in [0.15, 0.2) is 21.9 Å². The number of nitrogens with zero attached hydrogens (tertiary/aromatic N) is 1. The van der Waals surface area contributed by atoms with Crippen molar-refractivity contribution < 1.29 is 4.74 Å². The topological polar surface area (TPSA) is 64.1 Å². The summed E-state index contributed by atoms with van der Waals surface area (Å²) < 4.78 is 7.38. The van der Waals surface area contributed by atoms with Crippen molar-refractivity contribution in [3.8, 4) is 12.3 Å². The number of aromatic nitrogens is 2. The standard InChI is InChI=1S/C14H18N2O3/c1-5-14(6-2)10(4)9(3)12(19-14)16-8-7-11(17)15-13(16)18/h1,7-10,12H,6H2,2-4H3,(H,15,17,18). The number of terminal acetylenes is 1. The minimum absolute atomic E-state index is 0.0830. The van der Waals surface area contributed by atoms with Crippen molar-refractivity contribution in [1.82, 2.24) is 9.55 Å². The van der Waals surface area contributed by atoms with E-state index in [4.69, 9.17) is 11.2 Å². The molecule has 1 aliphatic rings. The molecule has 5 nitrogen and oxygen atoms in total. The predicted octanol–water partition coefficient (Wildman–Crippen LogP) is 1.12. The summed E-state index contributed by atoms with van der Waals surface area (Å²) in [6, 6.07) is 1.31. The Balaban J connectivity index is 2.46. The van der Waals surface area contributed by atoms with Gasteiger partial charge in [-0.1, -0.05) is 26.7 Å². The Kier molecular flexibility index (Phi) is 3.38. The molecule has 1 aromatic rings. The van der Waals surface area contributed by atoms with Crippen LogP contribution in [0.4, 0.5) is 0 Å². The minimum Gasteiger partial charge on any atom is -0.338 e. The van der Waals surface area contributed by atoms with E-state index in [-0.39, 0.29) is 11.8 Å². The van der Waals surface area contributed by atoms with Gasteiger partial charge in [-0.25, -0.2) is 4.79 Å². The zero-order valence-electron chi connectivity index (χ0n) is 11.3. The second-order valence-electron chi connectivity index (χ2n) is 5.06. The Hall–Kier alpha value is -1.80. The highest BCUT2D eigenvalue weighted by Gasteiger charge is 2.49. The monoisotopic (exact) mass is 262 g/mol. The van der Waals surface area contributed by atoms with Crippen LogP contribution in [0.1, 0.15) is 33.4 Å². The zero-order chi connectivity index (χ0) is 14.2. The summed E-state index contributed by atoms with van der Waals surface area (Å²) in [5.41, 5.74) is -1.54. The maximum Gasteiger partial charge on any atom is 0.330 e. The Labute approximate surface area is 111 Å². The summed E-state index contributed by atoms with van der Waals surface area (Å²) in [6.07, 6.45) is 7.31. The van der Waals surface area contributed by atoms with Crippen molar-refractivity contribution in [3.05, 3.63) is 33.1 Å². The number of aromatic amines is 1. The van der Waals surface area contributed by atoms with Gasteiger partial charge in [0.05, 0.1) is 0 Å². The van der Waals surface area contributed by atoms with Crippen LogP contribution in [0.2, 0.25) is 0 Å². The van der Waals surface area contributed by atoms with Gasteiger partial charge < -0.3 is 4.74 Å². The van der Waals surface area contributed by atoms with Crippen LogP contribution in [-0.2, 0) is 4.74 Å². The van der Waals surface area contributed by atoms with Crippen LogP contribution in [0.5, 0.6) is 0 Å². The number of rotatable bonds is 2. The lowest BCUT2D eigenvalue weighted by molar-refractivity contribution is -0.0553. The number of H-pyrrole nitrogens is 1. The second kappa shape index (κ2) is 4.71. The fourth-order valence-electron chi connectivity index (χ4n) is 2.71. The van der Waals surface area contributed by atoms with E-state index in [0.717, 1.165) is 0 Å². The summed E-state index contributed by atoms with van der Waals surface area (Å²) in [7, 11) is 0. The fraction of sp³-hybridized carbons (Fsp3) is 0.571. The van der Waals surface area contributed by atoms with E-state index in [1.807, 2.05) is 20.8 Å². The van der Waals surface area contributed by atoms with Crippen molar-refractivity contribution in [1.29, 1.82) is 0 Å². The first-order chi connectivity index (χ1) is 8.95. The highest BCUT2D eigenvalue weighted by molar-refractivity contribution is 5.15. The quantitative estimate of drug-likeness (QED) is 0.812.